The molecule has 2 saturated carbocycles. The molecule has 0 saturated heterocycles. The van der Waals surface area contributed by atoms with Crippen LogP contribution in [0.25, 0.3) is 0 Å². The highest BCUT2D eigenvalue weighted by Gasteiger charge is 2.59. The minimum atomic E-state index is -4.35. The molecule has 0 aromatic heterocycles. The number of nitrogens with zero attached hydrogens (tertiary/aromatic N) is 1. The van der Waals surface area contributed by atoms with Crippen molar-refractivity contribution in [2.45, 2.75) is 46.2 Å². The Labute approximate surface area is 123 Å². The molecular formula is C17H20F3N. The predicted octanol–water partition coefficient (Wildman–Crippen LogP) is 5.62. The Morgan fingerprint density at radius 2 is 1.81 bits per heavy atom. The first-order chi connectivity index (χ1) is 9.66. The molecule has 0 amide bonds. The molecule has 1 unspecified atom stereocenters. The molecule has 2 bridgehead atoms. The first kappa shape index (κ1) is 14.6. The van der Waals surface area contributed by atoms with Gasteiger partial charge in [0.05, 0.1) is 11.3 Å². The van der Waals surface area contributed by atoms with Gasteiger partial charge in [-0.25, -0.2) is 0 Å². The third-order valence-electron chi connectivity index (χ3n) is 5.98. The van der Waals surface area contributed by atoms with Crippen LogP contribution in [0, 0.1) is 16.7 Å². The minimum Gasteiger partial charge on any atom is -0.257 e. The van der Waals surface area contributed by atoms with Gasteiger partial charge >= 0.3 is 6.18 Å². The summed E-state index contributed by atoms with van der Waals surface area (Å²) in [6.07, 6.45) is -1.34. The monoisotopic (exact) mass is 295 g/mol. The minimum absolute atomic E-state index is 0.0598. The maximum absolute atomic E-state index is 13.1. The van der Waals surface area contributed by atoms with E-state index in [-0.39, 0.29) is 16.5 Å². The Morgan fingerprint density at radius 3 is 2.33 bits per heavy atom. The van der Waals surface area contributed by atoms with Crippen LogP contribution in [0.5, 0.6) is 0 Å². The molecule has 2 fully saturated rings. The van der Waals surface area contributed by atoms with Crippen LogP contribution in [0.15, 0.2) is 29.3 Å². The van der Waals surface area contributed by atoms with Gasteiger partial charge in [0.15, 0.2) is 0 Å². The molecule has 21 heavy (non-hydrogen) atoms. The summed E-state index contributed by atoms with van der Waals surface area (Å²) in [6.45, 7) is 6.61. The maximum atomic E-state index is 13.1. The van der Waals surface area contributed by atoms with Gasteiger partial charge < -0.3 is 0 Å². The van der Waals surface area contributed by atoms with E-state index in [1.807, 2.05) is 0 Å². The molecule has 1 aromatic rings. The third-order valence-corrected chi connectivity index (χ3v) is 5.98. The van der Waals surface area contributed by atoms with Crippen LogP contribution >= 0.6 is 0 Å². The summed E-state index contributed by atoms with van der Waals surface area (Å²) in [5, 5.41) is 0. The van der Waals surface area contributed by atoms with Crippen molar-refractivity contribution in [1.29, 1.82) is 0 Å². The van der Waals surface area contributed by atoms with E-state index in [9.17, 15) is 13.2 Å². The number of benzene rings is 1. The van der Waals surface area contributed by atoms with Crippen molar-refractivity contribution in [2.24, 2.45) is 21.7 Å². The zero-order valence-corrected chi connectivity index (χ0v) is 12.6. The first-order valence-corrected chi connectivity index (χ1v) is 7.40. The topological polar surface area (TPSA) is 12.4 Å². The van der Waals surface area contributed by atoms with Crippen LogP contribution < -0.4 is 0 Å². The highest BCUT2D eigenvalue weighted by Crippen LogP contribution is 2.64. The summed E-state index contributed by atoms with van der Waals surface area (Å²) >= 11 is 0. The second kappa shape index (κ2) is 4.34. The average Bonchev–Trinajstić information content (AvgIpc) is 2.71. The van der Waals surface area contributed by atoms with Gasteiger partial charge in [-0.2, -0.15) is 13.2 Å². The van der Waals surface area contributed by atoms with Crippen molar-refractivity contribution in [1.82, 2.24) is 0 Å². The van der Waals surface area contributed by atoms with Gasteiger partial charge in [0.2, 0.25) is 0 Å². The van der Waals surface area contributed by atoms with E-state index >= 15 is 0 Å². The lowest BCUT2D eigenvalue weighted by Gasteiger charge is -2.34. The van der Waals surface area contributed by atoms with E-state index in [1.54, 1.807) is 6.07 Å². The van der Waals surface area contributed by atoms with Gasteiger partial charge in [0, 0.05) is 11.1 Å². The van der Waals surface area contributed by atoms with Crippen molar-refractivity contribution >= 4 is 11.4 Å². The van der Waals surface area contributed by atoms with Gasteiger partial charge in [0.25, 0.3) is 0 Å². The molecule has 0 N–H and O–H groups in total. The van der Waals surface area contributed by atoms with Gasteiger partial charge in [-0.15, -0.1) is 0 Å². The molecule has 1 aromatic carbocycles. The fourth-order valence-electron chi connectivity index (χ4n) is 4.05. The van der Waals surface area contributed by atoms with Crippen molar-refractivity contribution in [3.63, 3.8) is 0 Å². The molecule has 4 heteroatoms. The number of hydrogen-bond donors (Lipinski definition) is 0. The largest absolute Gasteiger partial charge is 0.418 e. The van der Waals surface area contributed by atoms with E-state index in [1.165, 1.54) is 12.1 Å². The number of halogens is 3. The van der Waals surface area contributed by atoms with E-state index < -0.39 is 11.7 Å². The molecule has 0 heterocycles. The molecular weight excluding hydrogens is 275 g/mol. The van der Waals surface area contributed by atoms with Crippen LogP contribution in [-0.2, 0) is 6.18 Å². The number of hydrogen-bond acceptors (Lipinski definition) is 1. The zero-order valence-electron chi connectivity index (χ0n) is 12.6. The molecule has 2 aliphatic rings. The van der Waals surface area contributed by atoms with E-state index in [2.05, 4.69) is 25.8 Å². The number of alkyl halides is 3. The summed E-state index contributed by atoms with van der Waals surface area (Å²) in [4.78, 5) is 4.47. The van der Waals surface area contributed by atoms with Gasteiger partial charge in [-0.3, -0.25) is 4.99 Å². The average molecular weight is 295 g/mol. The first-order valence-electron chi connectivity index (χ1n) is 7.40. The van der Waals surface area contributed by atoms with Crippen molar-refractivity contribution in [2.75, 3.05) is 0 Å². The quantitative estimate of drug-likeness (QED) is 0.637. The second-order valence-corrected chi connectivity index (χ2v) is 7.07. The molecule has 3 rings (SSSR count). The van der Waals surface area contributed by atoms with E-state index in [4.69, 9.17) is 0 Å². The lowest BCUT2D eigenvalue weighted by molar-refractivity contribution is -0.137. The van der Waals surface area contributed by atoms with Crippen molar-refractivity contribution < 1.29 is 13.2 Å². The number of rotatable bonds is 1. The summed E-state index contributed by atoms with van der Waals surface area (Å²) in [6, 6.07) is 5.62. The highest BCUT2D eigenvalue weighted by molar-refractivity contribution is 5.96. The lowest BCUT2D eigenvalue weighted by atomic mass is 9.70. The Balaban J connectivity index is 2.06. The van der Waals surface area contributed by atoms with Gasteiger partial charge in [-0.05, 0) is 42.7 Å². The fraction of sp³-hybridized carbons (Fsp3) is 0.588. The van der Waals surface area contributed by atoms with Crippen LogP contribution in [0.3, 0.4) is 0 Å². The number of aliphatic imine (C=N–C) groups is 1. The standard InChI is InChI=1S/C17H20F3N/c1-15(2)11-8-9-16(15,3)14(10-11)21-13-7-5-4-6-12(13)17(18,19)20/h4-7,11H,8-10H2,1-3H3/t11?,16-/m1/s1. The zero-order chi connectivity index (χ0) is 15.5. The van der Waals surface area contributed by atoms with E-state index in [0.29, 0.717) is 5.92 Å². The summed E-state index contributed by atoms with van der Waals surface area (Å²) in [7, 11) is 0. The van der Waals surface area contributed by atoms with Crippen LogP contribution in [0.1, 0.15) is 45.6 Å². The SMILES string of the molecule is CC1(C)C2CC[C@]1(C)C(=Nc1ccccc1C(F)(F)F)C2. The predicted molar refractivity (Wildman–Crippen MR) is 77.8 cm³/mol. The third kappa shape index (κ3) is 2.02. The van der Waals surface area contributed by atoms with Crippen molar-refractivity contribution in [3.05, 3.63) is 29.8 Å². The molecule has 2 aliphatic carbocycles. The Morgan fingerprint density at radius 1 is 1.14 bits per heavy atom. The number of fused-ring (bicyclic) bond motifs is 2. The summed E-state index contributed by atoms with van der Waals surface area (Å²) in [5.41, 5.74) is 0.418. The molecule has 0 aliphatic heterocycles. The molecule has 0 spiro atoms. The van der Waals surface area contributed by atoms with Gasteiger partial charge in [-0.1, -0.05) is 32.9 Å². The molecule has 2 atom stereocenters. The number of para-hydroxylation sites is 1. The molecule has 1 nitrogen and oxygen atoms in total. The van der Waals surface area contributed by atoms with Crippen LogP contribution in [-0.4, -0.2) is 5.71 Å². The van der Waals surface area contributed by atoms with E-state index in [0.717, 1.165) is 31.0 Å². The maximum Gasteiger partial charge on any atom is 0.418 e. The molecule has 114 valence electrons. The summed E-state index contributed by atoms with van der Waals surface area (Å²) in [5.74, 6) is 0.541. The molecule has 0 radical (unpaired) electrons. The lowest BCUT2D eigenvalue weighted by Crippen LogP contribution is -2.32. The van der Waals surface area contributed by atoms with Crippen molar-refractivity contribution in [3.8, 4) is 0 Å². The normalized spacial score (nSPS) is 32.9. The summed E-state index contributed by atoms with van der Waals surface area (Å²) < 4.78 is 39.3. The Bertz CT molecular complexity index is 600. The van der Waals surface area contributed by atoms with Crippen LogP contribution in [0.2, 0.25) is 0 Å². The van der Waals surface area contributed by atoms with Gasteiger partial charge in [0.1, 0.15) is 0 Å². The Kier molecular flexibility index (Phi) is 3.02. The smallest absolute Gasteiger partial charge is 0.257 e. The second-order valence-electron chi connectivity index (χ2n) is 7.07. The fourth-order valence-corrected chi connectivity index (χ4v) is 4.05. The Hall–Kier alpha value is -1.32. The highest BCUT2D eigenvalue weighted by atomic mass is 19.4. The van der Waals surface area contributed by atoms with Crippen LogP contribution in [0.4, 0.5) is 18.9 Å².